The van der Waals surface area contributed by atoms with Gasteiger partial charge in [0.25, 0.3) is 0 Å². The summed E-state index contributed by atoms with van der Waals surface area (Å²) in [7, 11) is -7.17. The van der Waals surface area contributed by atoms with Crippen molar-refractivity contribution in [2.75, 3.05) is 24.7 Å². The van der Waals surface area contributed by atoms with E-state index in [-0.39, 0.29) is 34.7 Å². The maximum atomic E-state index is 13.0. The lowest BCUT2D eigenvalue weighted by Crippen LogP contribution is -2.41. The van der Waals surface area contributed by atoms with Crippen molar-refractivity contribution >= 4 is 53.4 Å². The van der Waals surface area contributed by atoms with E-state index in [0.717, 1.165) is 27.5 Å². The number of sulfonamides is 1. The van der Waals surface area contributed by atoms with Gasteiger partial charge >= 0.3 is 0 Å². The van der Waals surface area contributed by atoms with E-state index in [0.29, 0.717) is 12.8 Å². The molecule has 1 fully saturated rings. The van der Waals surface area contributed by atoms with E-state index in [1.807, 2.05) is 23.8 Å². The number of carbonyl (C=O) groups is 1. The van der Waals surface area contributed by atoms with E-state index in [9.17, 15) is 21.6 Å². The zero-order valence-corrected chi connectivity index (χ0v) is 21.3. The third-order valence-electron chi connectivity index (χ3n) is 5.47. The molecule has 2 aromatic heterocycles. The summed E-state index contributed by atoms with van der Waals surface area (Å²) >= 11 is 2.96. The van der Waals surface area contributed by atoms with Crippen LogP contribution in [0.4, 0.5) is 5.00 Å². The molecule has 3 aromatic rings. The maximum absolute atomic E-state index is 13.0. The molecule has 12 heteroatoms. The van der Waals surface area contributed by atoms with Crippen molar-refractivity contribution in [3.8, 4) is 10.6 Å². The third-order valence-corrected chi connectivity index (χ3v) is 10.3. The van der Waals surface area contributed by atoms with Crippen LogP contribution in [-0.2, 0) is 24.7 Å². The van der Waals surface area contributed by atoms with Crippen LogP contribution in [0.5, 0.6) is 0 Å². The lowest BCUT2D eigenvalue weighted by Gasteiger charge is -2.30. The van der Waals surface area contributed by atoms with Crippen LogP contribution in [0, 0.1) is 12.8 Å². The molecular formula is C21H23N3O5S4. The molecule has 0 unspecified atom stereocenters. The van der Waals surface area contributed by atoms with Gasteiger partial charge < -0.3 is 5.32 Å². The van der Waals surface area contributed by atoms with Crippen molar-refractivity contribution in [2.45, 2.75) is 29.6 Å². The van der Waals surface area contributed by atoms with E-state index in [1.54, 1.807) is 0 Å². The largest absolute Gasteiger partial charge is 0.317 e. The summed E-state index contributed by atoms with van der Waals surface area (Å²) in [6.07, 6.45) is 1.89. The number of aromatic nitrogens is 1. The number of rotatable bonds is 6. The van der Waals surface area contributed by atoms with E-state index in [1.165, 1.54) is 51.2 Å². The number of nitrogens with one attached hydrogen (secondary N) is 1. The first kappa shape index (κ1) is 24.0. The smallest absolute Gasteiger partial charge is 0.243 e. The number of thiazole rings is 1. The summed E-state index contributed by atoms with van der Waals surface area (Å²) in [6, 6.07) is 7.14. The second kappa shape index (κ2) is 9.26. The number of aryl methyl sites for hydroxylation is 1. The first-order chi connectivity index (χ1) is 15.6. The Morgan fingerprint density at radius 3 is 2.24 bits per heavy atom. The summed E-state index contributed by atoms with van der Waals surface area (Å²) in [5.74, 6) is -0.418. The van der Waals surface area contributed by atoms with Gasteiger partial charge in [0, 0.05) is 41.9 Å². The quantitative estimate of drug-likeness (QED) is 0.526. The van der Waals surface area contributed by atoms with Gasteiger partial charge in [-0.15, -0.1) is 22.7 Å². The summed E-state index contributed by atoms with van der Waals surface area (Å²) < 4.78 is 50.5. The van der Waals surface area contributed by atoms with Gasteiger partial charge in [-0.3, -0.25) is 4.79 Å². The Morgan fingerprint density at radius 1 is 1.03 bits per heavy atom. The Bertz CT molecular complexity index is 1370. The topological polar surface area (TPSA) is 114 Å². The minimum absolute atomic E-state index is 0.0415. The molecule has 3 heterocycles. The second-order valence-corrected chi connectivity index (χ2v) is 13.6. The Labute approximate surface area is 201 Å². The molecule has 1 saturated heterocycles. The molecule has 4 rings (SSSR count). The monoisotopic (exact) mass is 525 g/mol. The lowest BCUT2D eigenvalue weighted by molar-refractivity contribution is -0.120. The average molecular weight is 526 g/mol. The zero-order chi connectivity index (χ0) is 23.8. The number of anilines is 1. The Morgan fingerprint density at radius 2 is 1.67 bits per heavy atom. The van der Waals surface area contributed by atoms with E-state index < -0.39 is 19.9 Å². The molecule has 0 bridgehead atoms. The minimum atomic E-state index is -3.76. The van der Waals surface area contributed by atoms with Crippen molar-refractivity contribution in [3.63, 3.8) is 0 Å². The zero-order valence-electron chi connectivity index (χ0n) is 18.0. The number of sulfone groups is 1. The number of hydrogen-bond acceptors (Lipinski definition) is 8. The number of hydrogen-bond donors (Lipinski definition) is 1. The summed E-state index contributed by atoms with van der Waals surface area (Å²) in [4.78, 5) is 17.5. The van der Waals surface area contributed by atoms with Gasteiger partial charge in [-0.05, 0) is 55.5 Å². The molecule has 0 spiro atoms. The summed E-state index contributed by atoms with van der Waals surface area (Å²) in [5.41, 5.74) is 1.82. The van der Waals surface area contributed by atoms with Gasteiger partial charge in [0.05, 0.1) is 9.79 Å². The molecule has 1 amide bonds. The fourth-order valence-electron chi connectivity index (χ4n) is 3.63. The molecule has 176 valence electrons. The molecule has 1 N–H and O–H groups in total. The van der Waals surface area contributed by atoms with E-state index >= 15 is 0 Å². The number of nitrogens with zero attached hydrogens (tertiary/aromatic N) is 2. The van der Waals surface area contributed by atoms with Crippen LogP contribution in [0.2, 0.25) is 0 Å². The van der Waals surface area contributed by atoms with E-state index in [2.05, 4.69) is 10.3 Å². The van der Waals surface area contributed by atoms with Gasteiger partial charge in [0.15, 0.2) is 9.84 Å². The second-order valence-electron chi connectivity index (χ2n) is 7.87. The first-order valence-corrected chi connectivity index (χ1v) is 15.3. The maximum Gasteiger partial charge on any atom is 0.243 e. The normalized spacial score (nSPS) is 16.1. The van der Waals surface area contributed by atoms with Gasteiger partial charge in [0.1, 0.15) is 10.0 Å². The standard InChI is InChI=1S/C21H23N3O5S4/c1-14-13-31-20(22-14)18-9-12-30-21(18)23-19(25)15-7-10-24(11-8-15)33(28,29)17-5-3-16(4-6-17)32(2,26)27/h3-6,9,12-13,15H,7-8,10-11H2,1-2H3,(H,23,25). The minimum Gasteiger partial charge on any atom is -0.317 e. The van der Waals surface area contributed by atoms with Crippen LogP contribution in [0.15, 0.2) is 50.9 Å². The van der Waals surface area contributed by atoms with Gasteiger partial charge in [-0.25, -0.2) is 21.8 Å². The van der Waals surface area contributed by atoms with Crippen LogP contribution in [0.25, 0.3) is 10.6 Å². The molecule has 1 aromatic carbocycles. The van der Waals surface area contributed by atoms with Gasteiger partial charge in [-0.1, -0.05) is 0 Å². The van der Waals surface area contributed by atoms with Crippen LogP contribution >= 0.6 is 22.7 Å². The molecular weight excluding hydrogens is 503 g/mol. The van der Waals surface area contributed by atoms with Gasteiger partial charge in [0.2, 0.25) is 15.9 Å². The molecule has 0 atom stereocenters. The fourth-order valence-corrected chi connectivity index (χ4v) is 7.42. The Balaban J connectivity index is 1.40. The molecule has 8 nitrogen and oxygen atoms in total. The Hall–Kier alpha value is -2.12. The number of amides is 1. The molecule has 0 radical (unpaired) electrons. The highest BCUT2D eigenvalue weighted by atomic mass is 32.2. The predicted octanol–water partition coefficient (Wildman–Crippen LogP) is 3.62. The molecule has 0 saturated carbocycles. The van der Waals surface area contributed by atoms with Gasteiger partial charge in [-0.2, -0.15) is 4.31 Å². The fraction of sp³-hybridized carbons (Fsp3) is 0.333. The van der Waals surface area contributed by atoms with Crippen molar-refractivity contribution in [2.24, 2.45) is 5.92 Å². The van der Waals surface area contributed by atoms with Crippen molar-refractivity contribution in [3.05, 3.63) is 46.8 Å². The van der Waals surface area contributed by atoms with Crippen molar-refractivity contribution < 1.29 is 21.6 Å². The molecule has 1 aliphatic heterocycles. The van der Waals surface area contributed by atoms with Crippen LogP contribution in [-0.4, -0.2) is 51.4 Å². The van der Waals surface area contributed by atoms with Crippen LogP contribution in [0.3, 0.4) is 0 Å². The highest BCUT2D eigenvalue weighted by molar-refractivity contribution is 7.90. The third kappa shape index (κ3) is 5.19. The van der Waals surface area contributed by atoms with E-state index in [4.69, 9.17) is 0 Å². The van der Waals surface area contributed by atoms with Crippen LogP contribution in [0.1, 0.15) is 18.5 Å². The van der Waals surface area contributed by atoms with Crippen molar-refractivity contribution in [1.82, 2.24) is 9.29 Å². The average Bonchev–Trinajstić information content (AvgIpc) is 3.42. The lowest BCUT2D eigenvalue weighted by atomic mass is 9.97. The highest BCUT2D eigenvalue weighted by Gasteiger charge is 2.32. The number of piperidine rings is 1. The number of thiophene rings is 1. The summed E-state index contributed by atoms with van der Waals surface area (Å²) in [6.45, 7) is 2.36. The highest BCUT2D eigenvalue weighted by Crippen LogP contribution is 2.36. The number of benzene rings is 1. The number of carbonyl (C=O) groups excluding carboxylic acids is 1. The summed E-state index contributed by atoms with van der Waals surface area (Å²) in [5, 5.41) is 8.46. The molecule has 0 aliphatic carbocycles. The molecule has 33 heavy (non-hydrogen) atoms. The first-order valence-electron chi connectivity index (χ1n) is 10.2. The predicted molar refractivity (Wildman–Crippen MR) is 130 cm³/mol. The SMILES string of the molecule is Cc1csc(-c2ccsc2NC(=O)C2CCN(S(=O)(=O)c3ccc(S(C)(=O)=O)cc3)CC2)n1. The van der Waals surface area contributed by atoms with Crippen molar-refractivity contribution in [1.29, 1.82) is 0 Å². The van der Waals surface area contributed by atoms with Crippen LogP contribution < -0.4 is 5.32 Å². The molecule has 1 aliphatic rings. The Kier molecular flexibility index (Phi) is 6.74.